The molecule has 0 rings (SSSR count). The molecule has 4 heteroatoms. The van der Waals surface area contributed by atoms with Gasteiger partial charge in [0.1, 0.15) is 0 Å². The van der Waals surface area contributed by atoms with Gasteiger partial charge in [0.25, 0.3) is 0 Å². The molecular formula is C5H14O2Si2. The van der Waals surface area contributed by atoms with Crippen molar-refractivity contribution in [1.82, 2.24) is 0 Å². The summed E-state index contributed by atoms with van der Waals surface area (Å²) in [4.78, 5) is 9.84. The zero-order chi connectivity index (χ0) is 7.70. The van der Waals surface area contributed by atoms with Crippen molar-refractivity contribution in [3.8, 4) is 0 Å². The molecule has 0 aromatic rings. The molecule has 0 saturated heterocycles. The fourth-order valence-electron chi connectivity index (χ4n) is 0.0833. The molecule has 2 nitrogen and oxygen atoms in total. The van der Waals surface area contributed by atoms with Crippen molar-refractivity contribution in [2.24, 2.45) is 0 Å². The van der Waals surface area contributed by atoms with E-state index in [1.54, 1.807) is 0 Å². The molecule has 0 amide bonds. The van der Waals surface area contributed by atoms with Gasteiger partial charge in [0, 0.05) is 15.1 Å². The fraction of sp³-hybridized carbons (Fsp3) is 0.400. The Kier molecular flexibility index (Phi) is 13.5. The summed E-state index contributed by atoms with van der Waals surface area (Å²) < 4.78 is 4.14. The Hall–Kier alpha value is -0.356. The van der Waals surface area contributed by atoms with Gasteiger partial charge in [0.2, 0.25) is 0 Å². The molecule has 0 N–H and O–H groups in total. The number of methoxy groups -OCH3 is 1. The zero-order valence-corrected chi connectivity index (χ0v) is 9.72. The van der Waals surface area contributed by atoms with Crippen molar-refractivity contribution in [3.63, 3.8) is 0 Å². The van der Waals surface area contributed by atoms with E-state index < -0.39 is 5.97 Å². The highest BCUT2D eigenvalue weighted by Crippen LogP contribution is 1.67. The van der Waals surface area contributed by atoms with Crippen molar-refractivity contribution in [2.45, 2.75) is 6.55 Å². The van der Waals surface area contributed by atoms with Crippen LogP contribution < -0.4 is 0 Å². The van der Waals surface area contributed by atoms with Gasteiger partial charge in [-0.15, -0.1) is 0 Å². The van der Waals surface area contributed by atoms with Crippen LogP contribution in [0.1, 0.15) is 0 Å². The van der Waals surface area contributed by atoms with Crippen LogP contribution in [-0.2, 0) is 9.53 Å². The van der Waals surface area contributed by atoms with Gasteiger partial charge in [-0.25, -0.2) is 4.79 Å². The van der Waals surface area contributed by atoms with Crippen molar-refractivity contribution >= 4 is 24.8 Å². The predicted molar refractivity (Wildman–Crippen MR) is 46.6 cm³/mol. The second-order valence-electron chi connectivity index (χ2n) is 1.43. The molecule has 0 aromatic heterocycles. The molecule has 0 aliphatic carbocycles. The molecular weight excluding hydrogens is 148 g/mol. The molecule has 0 unspecified atom stereocenters. The first-order valence-corrected chi connectivity index (χ1v) is 10.00. The smallest absolute Gasteiger partial charge is 0.329 e. The monoisotopic (exact) mass is 162 g/mol. The lowest BCUT2D eigenvalue weighted by atomic mass is 10.7. The largest absolute Gasteiger partial charge is 0.466 e. The number of carbonyl (C=O) groups excluding carboxylic acids is 1. The summed E-state index contributed by atoms with van der Waals surface area (Å²) in [6.07, 6.45) is 1.11. The third kappa shape index (κ3) is 18.3. The maximum atomic E-state index is 9.84. The number of rotatable bonds is 1. The molecule has 0 radical (unpaired) electrons. The first-order chi connectivity index (χ1) is 4.22. The van der Waals surface area contributed by atoms with Crippen LogP contribution in [0.5, 0.6) is 0 Å². The van der Waals surface area contributed by atoms with Gasteiger partial charge in [0.15, 0.2) is 0 Å². The van der Waals surface area contributed by atoms with Gasteiger partial charge >= 0.3 is 5.97 Å². The van der Waals surface area contributed by atoms with Crippen molar-refractivity contribution in [3.05, 3.63) is 12.7 Å². The predicted octanol–water partition coefficient (Wildman–Crippen LogP) is -1.17. The molecule has 0 atom stereocenters. The second-order valence-corrected chi connectivity index (χ2v) is 7.09. The summed E-state index contributed by atoms with van der Waals surface area (Å²) in [6, 6.07) is 0. The van der Waals surface area contributed by atoms with E-state index in [4.69, 9.17) is 0 Å². The summed E-state index contributed by atoms with van der Waals surface area (Å²) in [5.41, 5.74) is 0. The van der Waals surface area contributed by atoms with E-state index in [-0.39, 0.29) is 0 Å². The Balaban J connectivity index is 0. The molecule has 0 aliphatic heterocycles. The average molecular weight is 162 g/mol. The molecule has 0 saturated carbocycles. The Morgan fingerprint density at radius 2 is 2.22 bits per heavy atom. The van der Waals surface area contributed by atoms with Crippen LogP contribution in [0.3, 0.4) is 0 Å². The van der Waals surface area contributed by atoms with Gasteiger partial charge in [-0.05, 0) is 9.76 Å². The molecule has 0 aromatic carbocycles. The average Bonchev–Trinajstić information content (AvgIpc) is 1.88. The second kappa shape index (κ2) is 10.6. The lowest BCUT2D eigenvalue weighted by molar-refractivity contribution is -0.134. The Bertz CT molecular complexity index is 83.0. The number of ether oxygens (including phenoxy) is 1. The highest BCUT2D eigenvalue weighted by molar-refractivity contribution is 6.88. The number of esters is 1. The van der Waals surface area contributed by atoms with Crippen LogP contribution in [0.25, 0.3) is 0 Å². The minimum Gasteiger partial charge on any atom is -0.466 e. The summed E-state index contributed by atoms with van der Waals surface area (Å²) in [5.74, 6) is -0.394. The highest BCUT2D eigenvalue weighted by Gasteiger charge is 1.81. The first-order valence-electron chi connectivity index (χ1n) is 2.93. The van der Waals surface area contributed by atoms with Gasteiger partial charge in [-0.1, -0.05) is 13.1 Å². The van der Waals surface area contributed by atoms with Crippen molar-refractivity contribution in [2.75, 3.05) is 7.11 Å². The Labute approximate surface area is 61.3 Å². The molecule has 9 heavy (non-hydrogen) atoms. The number of hydrogen-bond acceptors (Lipinski definition) is 2. The topological polar surface area (TPSA) is 26.3 Å². The van der Waals surface area contributed by atoms with Crippen LogP contribution in [0.4, 0.5) is 0 Å². The molecule has 0 fully saturated rings. The molecule has 0 aliphatic rings. The standard InChI is InChI=1S/C4H6O2.CH8Si2/c1-3-4(5)6-2;1-3-2/h3H,1H2,2H3;3H2,1-2H3. The Morgan fingerprint density at radius 1 is 1.89 bits per heavy atom. The van der Waals surface area contributed by atoms with E-state index in [1.807, 2.05) is 0 Å². The zero-order valence-electron chi connectivity index (χ0n) is 6.31. The van der Waals surface area contributed by atoms with Crippen LogP contribution in [-0.4, -0.2) is 31.9 Å². The van der Waals surface area contributed by atoms with E-state index in [0.29, 0.717) is 9.04 Å². The van der Waals surface area contributed by atoms with Gasteiger partial charge in [-0.2, -0.15) is 0 Å². The van der Waals surface area contributed by atoms with Gasteiger partial charge in [0.05, 0.1) is 7.11 Å². The van der Waals surface area contributed by atoms with Crippen molar-refractivity contribution < 1.29 is 9.53 Å². The maximum absolute atomic E-state index is 9.84. The normalized spacial score (nSPS) is 8.22. The molecule has 0 bridgehead atoms. The first kappa shape index (κ1) is 11.4. The summed E-state index contributed by atoms with van der Waals surface area (Å²) >= 11 is 0. The summed E-state index contributed by atoms with van der Waals surface area (Å²) in [5, 5.41) is 0. The molecule has 0 spiro atoms. The number of carbonyl (C=O) groups is 1. The molecule has 0 heterocycles. The lowest BCUT2D eigenvalue weighted by Crippen LogP contribution is -1.91. The minimum absolute atomic E-state index is 0.394. The fourth-order valence-corrected chi connectivity index (χ4v) is 0.0833. The van der Waals surface area contributed by atoms with E-state index in [0.717, 1.165) is 6.08 Å². The van der Waals surface area contributed by atoms with E-state index in [1.165, 1.54) is 16.9 Å². The van der Waals surface area contributed by atoms with Gasteiger partial charge in [-0.3, -0.25) is 0 Å². The lowest BCUT2D eigenvalue weighted by Gasteiger charge is -1.83. The summed E-state index contributed by atoms with van der Waals surface area (Å²) in [6.45, 7) is 5.48. The molecule has 54 valence electrons. The SMILES string of the molecule is C=CC(=O)OC.C[SiH2][SiH3]. The van der Waals surface area contributed by atoms with Crippen LogP contribution in [0.2, 0.25) is 6.55 Å². The number of hydrogen-bond donors (Lipinski definition) is 0. The highest BCUT2D eigenvalue weighted by atomic mass is 29.1. The quantitative estimate of drug-likeness (QED) is 0.276. The van der Waals surface area contributed by atoms with Crippen LogP contribution in [0, 0.1) is 0 Å². The Morgan fingerprint density at radius 3 is 2.22 bits per heavy atom. The van der Waals surface area contributed by atoms with E-state index in [9.17, 15) is 4.79 Å². The van der Waals surface area contributed by atoms with Gasteiger partial charge < -0.3 is 4.74 Å². The third-order valence-corrected chi connectivity index (χ3v) is 0.368. The third-order valence-electron chi connectivity index (χ3n) is 0.368. The maximum Gasteiger partial charge on any atom is 0.329 e. The minimum atomic E-state index is -0.394. The van der Waals surface area contributed by atoms with Crippen LogP contribution in [0.15, 0.2) is 12.7 Å². The van der Waals surface area contributed by atoms with E-state index in [2.05, 4.69) is 17.9 Å². The summed E-state index contributed by atoms with van der Waals surface area (Å²) in [7, 11) is 3.37. The van der Waals surface area contributed by atoms with Crippen molar-refractivity contribution in [1.29, 1.82) is 0 Å². The van der Waals surface area contributed by atoms with Crippen LogP contribution >= 0.6 is 0 Å². The van der Waals surface area contributed by atoms with E-state index >= 15 is 0 Å².